The SMILES string of the molecule is C=C(CCNC(=O)COC(C)C(C)C)NC(=O)COc1ccc(Cl)cc1. The topological polar surface area (TPSA) is 76.7 Å². The highest BCUT2D eigenvalue weighted by atomic mass is 35.5. The summed E-state index contributed by atoms with van der Waals surface area (Å²) in [5.41, 5.74) is 0.506. The van der Waals surface area contributed by atoms with E-state index in [1.165, 1.54) is 0 Å². The molecule has 0 aromatic heterocycles. The summed E-state index contributed by atoms with van der Waals surface area (Å²) in [5.74, 6) is 0.402. The molecule has 2 N–H and O–H groups in total. The molecule has 1 unspecified atom stereocenters. The van der Waals surface area contributed by atoms with E-state index in [2.05, 4.69) is 17.2 Å². The minimum absolute atomic E-state index is 0.0209. The Kier molecular flexibility index (Phi) is 9.76. The average Bonchev–Trinajstić information content (AvgIpc) is 2.59. The maximum Gasteiger partial charge on any atom is 0.262 e. The monoisotopic (exact) mass is 382 g/mol. The second-order valence-electron chi connectivity index (χ2n) is 6.25. The van der Waals surface area contributed by atoms with Crippen molar-refractivity contribution in [3.05, 3.63) is 41.6 Å². The maximum atomic E-state index is 11.8. The molecule has 0 fully saturated rings. The molecule has 0 bridgehead atoms. The van der Waals surface area contributed by atoms with E-state index >= 15 is 0 Å². The van der Waals surface area contributed by atoms with E-state index in [0.29, 0.717) is 35.4 Å². The summed E-state index contributed by atoms with van der Waals surface area (Å²) in [4.78, 5) is 23.5. The van der Waals surface area contributed by atoms with E-state index in [0.717, 1.165) is 0 Å². The van der Waals surface area contributed by atoms with Crippen LogP contribution in [0, 0.1) is 5.92 Å². The summed E-state index contributed by atoms with van der Waals surface area (Å²) in [6.45, 7) is 10.0. The Morgan fingerprint density at radius 3 is 2.38 bits per heavy atom. The number of carbonyl (C=O) groups excluding carboxylic acids is 2. The van der Waals surface area contributed by atoms with Gasteiger partial charge in [-0.1, -0.05) is 32.0 Å². The van der Waals surface area contributed by atoms with Crippen LogP contribution in [0.3, 0.4) is 0 Å². The van der Waals surface area contributed by atoms with Gasteiger partial charge in [0.15, 0.2) is 6.61 Å². The first-order valence-corrected chi connectivity index (χ1v) is 8.90. The summed E-state index contributed by atoms with van der Waals surface area (Å²) in [6.07, 6.45) is 0.452. The van der Waals surface area contributed by atoms with Crippen LogP contribution in [0.2, 0.25) is 5.02 Å². The molecule has 1 aromatic rings. The smallest absolute Gasteiger partial charge is 0.262 e. The molecule has 144 valence electrons. The number of halogens is 1. The molecular formula is C19H27ClN2O4. The van der Waals surface area contributed by atoms with E-state index in [4.69, 9.17) is 21.1 Å². The van der Waals surface area contributed by atoms with Gasteiger partial charge in [-0.25, -0.2) is 0 Å². The first-order chi connectivity index (χ1) is 12.3. The quantitative estimate of drug-likeness (QED) is 0.617. The Morgan fingerprint density at radius 2 is 1.77 bits per heavy atom. The third-order valence-electron chi connectivity index (χ3n) is 3.66. The molecule has 0 saturated heterocycles. The van der Waals surface area contributed by atoms with Crippen LogP contribution < -0.4 is 15.4 Å². The molecule has 6 nitrogen and oxygen atoms in total. The van der Waals surface area contributed by atoms with Gasteiger partial charge < -0.3 is 20.1 Å². The van der Waals surface area contributed by atoms with Crippen molar-refractivity contribution in [3.63, 3.8) is 0 Å². The van der Waals surface area contributed by atoms with Crippen LogP contribution in [0.4, 0.5) is 0 Å². The van der Waals surface area contributed by atoms with Gasteiger partial charge in [0.2, 0.25) is 5.91 Å². The lowest BCUT2D eigenvalue weighted by atomic mass is 10.1. The summed E-state index contributed by atoms with van der Waals surface area (Å²) >= 11 is 5.78. The van der Waals surface area contributed by atoms with Crippen LogP contribution in [0.5, 0.6) is 5.75 Å². The molecular weight excluding hydrogens is 356 g/mol. The van der Waals surface area contributed by atoms with Crippen molar-refractivity contribution in [1.82, 2.24) is 10.6 Å². The maximum absolute atomic E-state index is 11.8. The van der Waals surface area contributed by atoms with Crippen LogP contribution in [0.1, 0.15) is 27.2 Å². The zero-order valence-electron chi connectivity index (χ0n) is 15.5. The van der Waals surface area contributed by atoms with Crippen molar-refractivity contribution in [3.8, 4) is 5.75 Å². The van der Waals surface area contributed by atoms with Gasteiger partial charge >= 0.3 is 0 Å². The summed E-state index contributed by atoms with van der Waals surface area (Å²) < 4.78 is 10.8. The fraction of sp³-hybridized carbons (Fsp3) is 0.474. The zero-order chi connectivity index (χ0) is 19.5. The zero-order valence-corrected chi connectivity index (χ0v) is 16.3. The first kappa shape index (κ1) is 22.0. The molecule has 0 aliphatic rings. The van der Waals surface area contributed by atoms with Crippen molar-refractivity contribution in [2.24, 2.45) is 5.92 Å². The van der Waals surface area contributed by atoms with Crippen molar-refractivity contribution < 1.29 is 19.1 Å². The minimum atomic E-state index is -0.314. The van der Waals surface area contributed by atoms with E-state index in [-0.39, 0.29) is 31.1 Å². The van der Waals surface area contributed by atoms with Crippen molar-refractivity contribution in [1.29, 1.82) is 0 Å². The van der Waals surface area contributed by atoms with Crippen LogP contribution in [-0.4, -0.2) is 37.7 Å². The summed E-state index contributed by atoms with van der Waals surface area (Å²) in [7, 11) is 0. The van der Waals surface area contributed by atoms with Crippen LogP contribution in [0.15, 0.2) is 36.5 Å². The molecule has 0 spiro atoms. The molecule has 1 atom stereocenters. The predicted octanol–water partition coefficient (Wildman–Crippen LogP) is 2.92. The van der Waals surface area contributed by atoms with Gasteiger partial charge in [0.05, 0.1) is 6.10 Å². The standard InChI is InChI=1S/C19H27ClN2O4/c1-13(2)15(4)25-11-18(23)21-10-9-14(3)22-19(24)12-26-17-7-5-16(20)6-8-17/h5-8,13,15H,3,9-12H2,1-2,4H3,(H,21,23)(H,22,24). The van der Waals surface area contributed by atoms with Gasteiger partial charge in [-0.3, -0.25) is 9.59 Å². The van der Waals surface area contributed by atoms with Gasteiger partial charge in [0.25, 0.3) is 5.91 Å². The Bertz CT molecular complexity index is 602. The number of carbonyl (C=O) groups is 2. The fourth-order valence-corrected chi connectivity index (χ4v) is 1.90. The first-order valence-electron chi connectivity index (χ1n) is 8.52. The molecule has 2 amide bonds. The van der Waals surface area contributed by atoms with E-state index < -0.39 is 0 Å². The lowest BCUT2D eigenvalue weighted by molar-refractivity contribution is -0.128. The van der Waals surface area contributed by atoms with E-state index in [1.807, 2.05) is 20.8 Å². The van der Waals surface area contributed by atoms with Gasteiger partial charge in [-0.15, -0.1) is 0 Å². The lowest BCUT2D eigenvalue weighted by Crippen LogP contribution is -2.33. The van der Waals surface area contributed by atoms with E-state index in [1.54, 1.807) is 24.3 Å². The molecule has 0 saturated carbocycles. The van der Waals surface area contributed by atoms with Crippen LogP contribution >= 0.6 is 11.6 Å². The normalized spacial score (nSPS) is 11.7. The van der Waals surface area contributed by atoms with Gasteiger partial charge in [-0.05, 0) is 37.1 Å². The third kappa shape index (κ3) is 9.44. The molecule has 7 heteroatoms. The molecule has 1 aromatic carbocycles. The molecule has 0 heterocycles. The number of hydrogen-bond acceptors (Lipinski definition) is 4. The fourth-order valence-electron chi connectivity index (χ4n) is 1.78. The number of hydrogen-bond donors (Lipinski definition) is 2. The minimum Gasteiger partial charge on any atom is -0.484 e. The second kappa shape index (κ2) is 11.5. The Labute approximate surface area is 159 Å². The van der Waals surface area contributed by atoms with Crippen molar-refractivity contribution in [2.75, 3.05) is 19.8 Å². The largest absolute Gasteiger partial charge is 0.484 e. The highest BCUT2D eigenvalue weighted by molar-refractivity contribution is 6.30. The van der Waals surface area contributed by atoms with Gasteiger partial charge in [0, 0.05) is 23.7 Å². The number of ether oxygens (including phenoxy) is 2. The molecule has 0 aliphatic carbocycles. The van der Waals surface area contributed by atoms with Gasteiger partial charge in [0.1, 0.15) is 12.4 Å². The Morgan fingerprint density at radius 1 is 1.12 bits per heavy atom. The summed E-state index contributed by atoms with van der Waals surface area (Å²) in [5, 5.41) is 5.96. The average molecular weight is 383 g/mol. The molecule has 26 heavy (non-hydrogen) atoms. The molecule has 1 rings (SSSR count). The van der Waals surface area contributed by atoms with E-state index in [9.17, 15) is 9.59 Å². The Hall–Kier alpha value is -2.05. The van der Waals surface area contributed by atoms with Crippen LogP contribution in [0.25, 0.3) is 0 Å². The number of rotatable bonds is 11. The van der Waals surface area contributed by atoms with Gasteiger partial charge in [-0.2, -0.15) is 0 Å². The predicted molar refractivity (Wildman–Crippen MR) is 102 cm³/mol. The van der Waals surface area contributed by atoms with Crippen molar-refractivity contribution >= 4 is 23.4 Å². The second-order valence-corrected chi connectivity index (χ2v) is 6.69. The third-order valence-corrected chi connectivity index (χ3v) is 3.92. The number of benzene rings is 1. The molecule has 0 aliphatic heterocycles. The number of amides is 2. The lowest BCUT2D eigenvalue weighted by Gasteiger charge is -2.16. The molecule has 0 radical (unpaired) electrons. The highest BCUT2D eigenvalue weighted by Gasteiger charge is 2.10. The van der Waals surface area contributed by atoms with Crippen LogP contribution in [-0.2, 0) is 14.3 Å². The van der Waals surface area contributed by atoms with Crippen molar-refractivity contribution in [2.45, 2.75) is 33.3 Å². The highest BCUT2D eigenvalue weighted by Crippen LogP contribution is 2.15. The number of nitrogens with one attached hydrogen (secondary N) is 2. The summed E-state index contributed by atoms with van der Waals surface area (Å²) in [6, 6.07) is 6.73. The Balaban J connectivity index is 2.16.